The molecular formula is C16H23FN2O. The quantitative estimate of drug-likeness (QED) is 0.898. The average molecular weight is 278 g/mol. The van der Waals surface area contributed by atoms with Gasteiger partial charge in [0.25, 0.3) is 0 Å². The predicted molar refractivity (Wildman–Crippen MR) is 77.8 cm³/mol. The van der Waals surface area contributed by atoms with Crippen LogP contribution in [0.25, 0.3) is 0 Å². The molecule has 110 valence electrons. The fourth-order valence-electron chi connectivity index (χ4n) is 2.54. The molecule has 0 aliphatic carbocycles. The lowest BCUT2D eigenvalue weighted by Crippen LogP contribution is -2.31. The van der Waals surface area contributed by atoms with Crippen molar-refractivity contribution in [1.82, 2.24) is 10.2 Å². The number of carbonyl (C=O) groups is 1. The molecule has 1 aromatic carbocycles. The first-order valence-corrected chi connectivity index (χ1v) is 7.48. The Bertz CT molecular complexity index is 428. The van der Waals surface area contributed by atoms with Crippen LogP contribution >= 0.6 is 0 Å². The summed E-state index contributed by atoms with van der Waals surface area (Å²) in [6.45, 7) is 3.27. The van der Waals surface area contributed by atoms with Gasteiger partial charge in [-0.2, -0.15) is 0 Å². The van der Waals surface area contributed by atoms with Gasteiger partial charge in [0.05, 0.1) is 0 Å². The molecule has 0 unspecified atom stereocenters. The van der Waals surface area contributed by atoms with Crippen molar-refractivity contribution >= 4 is 5.91 Å². The van der Waals surface area contributed by atoms with Crippen molar-refractivity contribution in [2.45, 2.75) is 38.6 Å². The molecule has 4 heteroatoms. The van der Waals surface area contributed by atoms with Crippen LogP contribution in [-0.4, -0.2) is 30.4 Å². The van der Waals surface area contributed by atoms with E-state index in [0.717, 1.165) is 19.6 Å². The molecule has 1 aromatic rings. The third-order valence-electron chi connectivity index (χ3n) is 3.79. The van der Waals surface area contributed by atoms with Gasteiger partial charge in [-0.1, -0.05) is 31.0 Å². The van der Waals surface area contributed by atoms with Crippen molar-refractivity contribution in [3.8, 4) is 0 Å². The fourth-order valence-corrected chi connectivity index (χ4v) is 2.54. The van der Waals surface area contributed by atoms with Crippen LogP contribution in [-0.2, 0) is 11.3 Å². The van der Waals surface area contributed by atoms with Crippen molar-refractivity contribution in [3.63, 3.8) is 0 Å². The van der Waals surface area contributed by atoms with Crippen LogP contribution in [0.4, 0.5) is 4.39 Å². The third-order valence-corrected chi connectivity index (χ3v) is 3.79. The number of amides is 1. The largest absolute Gasteiger partial charge is 0.352 e. The highest BCUT2D eigenvalue weighted by Crippen LogP contribution is 2.10. The normalized spacial score (nSPS) is 16.6. The van der Waals surface area contributed by atoms with Crippen LogP contribution in [0.3, 0.4) is 0 Å². The van der Waals surface area contributed by atoms with Gasteiger partial charge >= 0.3 is 0 Å². The summed E-state index contributed by atoms with van der Waals surface area (Å²) in [5.41, 5.74) is 0.538. The molecular weight excluding hydrogens is 255 g/mol. The number of halogens is 1. The lowest BCUT2D eigenvalue weighted by molar-refractivity contribution is -0.121. The van der Waals surface area contributed by atoms with E-state index in [-0.39, 0.29) is 18.3 Å². The molecule has 2 rings (SSSR count). The summed E-state index contributed by atoms with van der Waals surface area (Å²) in [6, 6.07) is 6.55. The monoisotopic (exact) mass is 278 g/mol. The lowest BCUT2D eigenvalue weighted by atomic mass is 10.2. The van der Waals surface area contributed by atoms with Gasteiger partial charge in [0.1, 0.15) is 5.82 Å². The van der Waals surface area contributed by atoms with Crippen LogP contribution < -0.4 is 5.32 Å². The molecule has 1 aliphatic heterocycles. The van der Waals surface area contributed by atoms with E-state index in [9.17, 15) is 9.18 Å². The van der Waals surface area contributed by atoms with Gasteiger partial charge in [-0.15, -0.1) is 0 Å². The van der Waals surface area contributed by atoms with Gasteiger partial charge in [0.15, 0.2) is 0 Å². The van der Waals surface area contributed by atoms with E-state index >= 15 is 0 Å². The summed E-state index contributed by atoms with van der Waals surface area (Å²) < 4.78 is 13.4. The maximum Gasteiger partial charge on any atom is 0.221 e. The molecule has 0 saturated carbocycles. The smallest absolute Gasteiger partial charge is 0.221 e. The zero-order chi connectivity index (χ0) is 14.2. The molecule has 0 radical (unpaired) electrons. The summed E-state index contributed by atoms with van der Waals surface area (Å²) in [7, 11) is 0. The van der Waals surface area contributed by atoms with Crippen molar-refractivity contribution in [3.05, 3.63) is 35.6 Å². The van der Waals surface area contributed by atoms with Gasteiger partial charge in [0.2, 0.25) is 5.91 Å². The van der Waals surface area contributed by atoms with Crippen LogP contribution in [0.15, 0.2) is 24.3 Å². The molecule has 3 nitrogen and oxygen atoms in total. The number of benzene rings is 1. The van der Waals surface area contributed by atoms with Crippen molar-refractivity contribution in [2.75, 3.05) is 19.6 Å². The van der Waals surface area contributed by atoms with Crippen molar-refractivity contribution in [2.24, 2.45) is 0 Å². The van der Waals surface area contributed by atoms with E-state index < -0.39 is 0 Å². The molecule has 20 heavy (non-hydrogen) atoms. The van der Waals surface area contributed by atoms with Gasteiger partial charge in [-0.05, 0) is 32.0 Å². The molecule has 0 bridgehead atoms. The number of nitrogens with zero attached hydrogens (tertiary/aromatic N) is 1. The maximum absolute atomic E-state index is 13.4. The van der Waals surface area contributed by atoms with Gasteiger partial charge in [-0.25, -0.2) is 4.39 Å². The van der Waals surface area contributed by atoms with E-state index in [1.165, 1.54) is 31.7 Å². The standard InChI is InChI=1S/C16H23FN2O/c17-15-8-4-3-7-14(15)13-18-16(20)9-12-19-10-5-1-2-6-11-19/h3-4,7-8H,1-2,5-6,9-13H2,(H,18,20). The van der Waals surface area contributed by atoms with Crippen LogP contribution in [0.5, 0.6) is 0 Å². The predicted octanol–water partition coefficient (Wildman–Crippen LogP) is 2.71. The minimum atomic E-state index is -0.264. The van der Waals surface area contributed by atoms with Crippen molar-refractivity contribution in [1.29, 1.82) is 0 Å². The minimum Gasteiger partial charge on any atom is -0.352 e. The Morgan fingerprint density at radius 3 is 2.55 bits per heavy atom. The first-order valence-electron chi connectivity index (χ1n) is 7.48. The van der Waals surface area contributed by atoms with E-state index in [1.54, 1.807) is 18.2 Å². The highest BCUT2D eigenvalue weighted by atomic mass is 19.1. The summed E-state index contributed by atoms with van der Waals surface area (Å²) >= 11 is 0. The Labute approximate surface area is 120 Å². The SMILES string of the molecule is O=C(CCN1CCCCCC1)NCc1ccccc1F. The third kappa shape index (κ3) is 4.93. The number of rotatable bonds is 5. The van der Waals surface area contributed by atoms with E-state index in [4.69, 9.17) is 0 Å². The Morgan fingerprint density at radius 1 is 1.15 bits per heavy atom. The Hall–Kier alpha value is -1.42. The zero-order valence-electron chi connectivity index (χ0n) is 11.9. The second kappa shape index (κ2) is 8.00. The topological polar surface area (TPSA) is 32.3 Å². The summed E-state index contributed by atoms with van der Waals surface area (Å²) in [4.78, 5) is 14.2. The number of hydrogen-bond acceptors (Lipinski definition) is 2. The molecule has 0 atom stereocenters. The zero-order valence-corrected chi connectivity index (χ0v) is 11.9. The Kier molecular flexibility index (Phi) is 5.99. The molecule has 1 saturated heterocycles. The van der Waals surface area contributed by atoms with E-state index in [0.29, 0.717) is 12.0 Å². The van der Waals surface area contributed by atoms with Gasteiger partial charge < -0.3 is 10.2 Å². The molecule has 1 amide bonds. The molecule has 0 aromatic heterocycles. The first-order chi connectivity index (χ1) is 9.75. The highest BCUT2D eigenvalue weighted by Gasteiger charge is 2.11. The number of likely N-dealkylation sites (tertiary alicyclic amines) is 1. The van der Waals surface area contributed by atoms with Crippen molar-refractivity contribution < 1.29 is 9.18 Å². The Balaban J connectivity index is 1.69. The minimum absolute atomic E-state index is 0.00231. The first kappa shape index (κ1) is 15.0. The average Bonchev–Trinajstić information content (AvgIpc) is 2.73. The number of nitrogens with one attached hydrogen (secondary N) is 1. The molecule has 1 fully saturated rings. The van der Waals surface area contributed by atoms with Gasteiger partial charge in [0, 0.05) is 25.1 Å². The van der Waals surface area contributed by atoms with Crippen LogP contribution in [0.2, 0.25) is 0 Å². The molecule has 0 spiro atoms. The van der Waals surface area contributed by atoms with Crippen LogP contribution in [0.1, 0.15) is 37.7 Å². The summed E-state index contributed by atoms with van der Waals surface area (Å²) in [5, 5.41) is 2.79. The fraction of sp³-hybridized carbons (Fsp3) is 0.562. The number of carbonyl (C=O) groups excluding carboxylic acids is 1. The number of hydrogen-bond donors (Lipinski definition) is 1. The molecule has 1 aliphatic rings. The lowest BCUT2D eigenvalue weighted by Gasteiger charge is -2.19. The molecule has 1 N–H and O–H groups in total. The highest BCUT2D eigenvalue weighted by molar-refractivity contribution is 5.76. The Morgan fingerprint density at radius 2 is 1.85 bits per heavy atom. The molecule has 1 heterocycles. The van der Waals surface area contributed by atoms with E-state index in [2.05, 4.69) is 10.2 Å². The second-order valence-electron chi connectivity index (χ2n) is 5.37. The van der Waals surface area contributed by atoms with Gasteiger partial charge in [-0.3, -0.25) is 4.79 Å². The maximum atomic E-state index is 13.4. The summed E-state index contributed by atoms with van der Waals surface area (Å²) in [5.74, 6) is -0.266. The summed E-state index contributed by atoms with van der Waals surface area (Å²) in [6.07, 6.45) is 5.56. The second-order valence-corrected chi connectivity index (χ2v) is 5.37. The van der Waals surface area contributed by atoms with E-state index in [1.807, 2.05) is 0 Å². The van der Waals surface area contributed by atoms with Crippen LogP contribution in [0, 0.1) is 5.82 Å².